The summed E-state index contributed by atoms with van der Waals surface area (Å²) in [7, 11) is 0. The Hall–Kier alpha value is -0.0800. The Kier molecular flexibility index (Phi) is 6.50. The van der Waals surface area contributed by atoms with Crippen LogP contribution in [-0.2, 0) is 4.74 Å². The van der Waals surface area contributed by atoms with E-state index in [9.17, 15) is 0 Å². The Morgan fingerprint density at radius 2 is 2.00 bits per heavy atom. The predicted octanol–water partition coefficient (Wildman–Crippen LogP) is 3.75. The number of likely N-dealkylation sites (N-methyl/N-ethyl adjacent to an activating group) is 1. The molecule has 0 aromatic rings. The van der Waals surface area contributed by atoms with Gasteiger partial charge in [-0.1, -0.05) is 40.0 Å². The Bertz CT molecular complexity index is 207. The van der Waals surface area contributed by atoms with E-state index in [4.69, 9.17) is 4.74 Å². The fourth-order valence-electron chi connectivity index (χ4n) is 2.76. The third-order valence-electron chi connectivity index (χ3n) is 4.26. The molecule has 1 saturated carbocycles. The molecule has 0 radical (unpaired) electrons. The van der Waals surface area contributed by atoms with Crippen LogP contribution in [0.1, 0.15) is 66.2 Å². The van der Waals surface area contributed by atoms with E-state index in [0.717, 1.165) is 25.4 Å². The van der Waals surface area contributed by atoms with E-state index >= 15 is 0 Å². The molecule has 0 aliphatic heterocycles. The highest BCUT2D eigenvalue weighted by molar-refractivity contribution is 4.81. The van der Waals surface area contributed by atoms with Crippen molar-refractivity contribution in [3.8, 4) is 0 Å². The third-order valence-corrected chi connectivity index (χ3v) is 4.26. The second kappa shape index (κ2) is 7.38. The molecule has 17 heavy (non-hydrogen) atoms. The lowest BCUT2D eigenvalue weighted by atomic mass is 9.85. The lowest BCUT2D eigenvalue weighted by Crippen LogP contribution is -2.43. The molecule has 0 amide bonds. The summed E-state index contributed by atoms with van der Waals surface area (Å²) in [5, 5.41) is 3.43. The van der Waals surface area contributed by atoms with Crippen molar-refractivity contribution in [2.45, 2.75) is 77.9 Å². The molecule has 1 N–H and O–H groups in total. The molecule has 3 atom stereocenters. The minimum Gasteiger partial charge on any atom is -0.371 e. The summed E-state index contributed by atoms with van der Waals surface area (Å²) < 4.78 is 6.40. The van der Waals surface area contributed by atoms with Gasteiger partial charge in [-0.15, -0.1) is 0 Å². The molecular formula is C15H31NO. The van der Waals surface area contributed by atoms with Gasteiger partial charge in [-0.05, 0) is 38.6 Å². The van der Waals surface area contributed by atoms with E-state index in [-0.39, 0.29) is 5.60 Å². The molecule has 0 aromatic carbocycles. The average Bonchev–Trinajstić information content (AvgIpc) is 2.36. The van der Waals surface area contributed by atoms with Gasteiger partial charge in [-0.2, -0.15) is 0 Å². The highest BCUT2D eigenvalue weighted by Gasteiger charge is 2.29. The third kappa shape index (κ3) is 4.97. The summed E-state index contributed by atoms with van der Waals surface area (Å²) >= 11 is 0. The van der Waals surface area contributed by atoms with Crippen LogP contribution >= 0.6 is 0 Å². The van der Waals surface area contributed by atoms with Crippen molar-refractivity contribution >= 4 is 0 Å². The number of hydrogen-bond donors (Lipinski definition) is 1. The van der Waals surface area contributed by atoms with Crippen molar-refractivity contribution in [2.24, 2.45) is 5.92 Å². The molecule has 0 heterocycles. The van der Waals surface area contributed by atoms with E-state index in [1.807, 2.05) is 0 Å². The zero-order valence-electron chi connectivity index (χ0n) is 12.2. The molecule has 102 valence electrons. The maximum absolute atomic E-state index is 6.40. The lowest BCUT2D eigenvalue weighted by molar-refractivity contribution is -0.102. The lowest BCUT2D eigenvalue weighted by Gasteiger charge is -2.37. The van der Waals surface area contributed by atoms with Crippen LogP contribution in [0, 0.1) is 5.92 Å². The molecule has 0 saturated heterocycles. The highest BCUT2D eigenvalue weighted by Crippen LogP contribution is 2.31. The van der Waals surface area contributed by atoms with Crippen LogP contribution in [0.5, 0.6) is 0 Å². The minimum absolute atomic E-state index is 0.0241. The quantitative estimate of drug-likeness (QED) is 0.733. The van der Waals surface area contributed by atoms with Crippen LogP contribution in [0.25, 0.3) is 0 Å². The average molecular weight is 241 g/mol. The molecule has 3 unspecified atom stereocenters. The summed E-state index contributed by atoms with van der Waals surface area (Å²) in [6.07, 6.45) is 8.20. The van der Waals surface area contributed by atoms with Gasteiger partial charge in [0.2, 0.25) is 0 Å². The van der Waals surface area contributed by atoms with Crippen LogP contribution in [-0.4, -0.2) is 24.8 Å². The minimum atomic E-state index is 0.0241. The number of ether oxygens (including phenoxy) is 1. The van der Waals surface area contributed by atoms with Crippen molar-refractivity contribution in [3.63, 3.8) is 0 Å². The van der Waals surface area contributed by atoms with Gasteiger partial charge in [-0.25, -0.2) is 0 Å². The van der Waals surface area contributed by atoms with E-state index < -0.39 is 0 Å². The Morgan fingerprint density at radius 1 is 1.24 bits per heavy atom. The van der Waals surface area contributed by atoms with Gasteiger partial charge in [0.25, 0.3) is 0 Å². The topological polar surface area (TPSA) is 21.3 Å². The van der Waals surface area contributed by atoms with Gasteiger partial charge in [0.1, 0.15) is 0 Å². The smallest absolute Gasteiger partial charge is 0.0779 e. The molecule has 0 spiro atoms. The van der Waals surface area contributed by atoms with Gasteiger partial charge in [0, 0.05) is 6.54 Å². The highest BCUT2D eigenvalue weighted by atomic mass is 16.5. The predicted molar refractivity (Wildman–Crippen MR) is 74.4 cm³/mol. The summed E-state index contributed by atoms with van der Waals surface area (Å²) in [5.74, 6) is 0.897. The van der Waals surface area contributed by atoms with E-state index in [1.165, 1.54) is 32.1 Å². The molecule has 0 aromatic heterocycles. The molecule has 1 aliphatic rings. The molecule has 2 heteroatoms. The van der Waals surface area contributed by atoms with Crippen LogP contribution in [0.2, 0.25) is 0 Å². The van der Waals surface area contributed by atoms with Crippen LogP contribution in [0.4, 0.5) is 0 Å². The fraction of sp³-hybridized carbons (Fsp3) is 1.00. The molecule has 2 nitrogen and oxygen atoms in total. The molecule has 1 aliphatic carbocycles. The first kappa shape index (κ1) is 15.0. The Labute approximate surface area is 108 Å². The van der Waals surface area contributed by atoms with Crippen molar-refractivity contribution < 1.29 is 4.74 Å². The van der Waals surface area contributed by atoms with Crippen LogP contribution in [0.15, 0.2) is 0 Å². The van der Waals surface area contributed by atoms with Gasteiger partial charge in [0.15, 0.2) is 0 Å². The standard InChI is InChI=1S/C15H31NO/c1-5-13-9-8-10-14(11-13)17-15(4,6-2)12-16-7-3/h13-14,16H,5-12H2,1-4H3. The normalized spacial score (nSPS) is 28.9. The molecule has 1 rings (SSSR count). The van der Waals surface area contributed by atoms with Gasteiger partial charge in [0.05, 0.1) is 11.7 Å². The van der Waals surface area contributed by atoms with Crippen LogP contribution in [0.3, 0.4) is 0 Å². The van der Waals surface area contributed by atoms with Gasteiger partial charge in [-0.3, -0.25) is 0 Å². The summed E-state index contributed by atoms with van der Waals surface area (Å²) in [4.78, 5) is 0. The number of rotatable bonds is 7. The molecule has 0 bridgehead atoms. The molecular weight excluding hydrogens is 210 g/mol. The maximum Gasteiger partial charge on any atom is 0.0779 e. The van der Waals surface area contributed by atoms with Crippen LogP contribution < -0.4 is 5.32 Å². The van der Waals surface area contributed by atoms with Gasteiger partial charge < -0.3 is 10.1 Å². The maximum atomic E-state index is 6.40. The van der Waals surface area contributed by atoms with Gasteiger partial charge >= 0.3 is 0 Å². The Balaban J connectivity index is 2.43. The van der Waals surface area contributed by atoms with Crippen molar-refractivity contribution in [2.75, 3.05) is 13.1 Å². The summed E-state index contributed by atoms with van der Waals surface area (Å²) in [6.45, 7) is 11.0. The van der Waals surface area contributed by atoms with E-state index in [2.05, 4.69) is 33.0 Å². The first-order valence-corrected chi connectivity index (χ1v) is 7.52. The monoisotopic (exact) mass is 241 g/mol. The second-order valence-corrected chi connectivity index (χ2v) is 5.76. The summed E-state index contributed by atoms with van der Waals surface area (Å²) in [5.41, 5.74) is 0.0241. The van der Waals surface area contributed by atoms with Crippen molar-refractivity contribution in [1.29, 1.82) is 0 Å². The second-order valence-electron chi connectivity index (χ2n) is 5.76. The first-order chi connectivity index (χ1) is 8.13. The van der Waals surface area contributed by atoms with E-state index in [0.29, 0.717) is 6.10 Å². The zero-order chi connectivity index (χ0) is 12.7. The van der Waals surface area contributed by atoms with Crippen molar-refractivity contribution in [1.82, 2.24) is 5.32 Å². The summed E-state index contributed by atoms with van der Waals surface area (Å²) in [6, 6.07) is 0. The number of hydrogen-bond acceptors (Lipinski definition) is 2. The SMILES string of the molecule is CCNCC(C)(CC)OC1CCCC(CC)C1. The number of nitrogens with one attached hydrogen (secondary N) is 1. The van der Waals surface area contributed by atoms with Crippen molar-refractivity contribution in [3.05, 3.63) is 0 Å². The molecule has 1 fully saturated rings. The largest absolute Gasteiger partial charge is 0.371 e. The zero-order valence-corrected chi connectivity index (χ0v) is 12.2. The fourth-order valence-corrected chi connectivity index (χ4v) is 2.76. The van der Waals surface area contributed by atoms with E-state index in [1.54, 1.807) is 0 Å². The first-order valence-electron chi connectivity index (χ1n) is 7.52. The Morgan fingerprint density at radius 3 is 2.59 bits per heavy atom.